The van der Waals surface area contributed by atoms with Crippen molar-refractivity contribution in [2.45, 2.75) is 4.90 Å². The van der Waals surface area contributed by atoms with Gasteiger partial charge in [-0.1, -0.05) is 0 Å². The highest BCUT2D eigenvalue weighted by Crippen LogP contribution is 2.23. The van der Waals surface area contributed by atoms with E-state index in [1.54, 1.807) is 12.3 Å². The molecule has 0 unspecified atom stereocenters. The Morgan fingerprint density at radius 2 is 2.33 bits per heavy atom. The number of hydrogen-bond acceptors (Lipinski definition) is 3. The molecule has 1 aromatic carbocycles. The van der Waals surface area contributed by atoms with E-state index in [9.17, 15) is 4.39 Å². The fraction of sp³-hybridized carbons (Fsp3) is 0.100. The highest BCUT2D eigenvalue weighted by molar-refractivity contribution is 7.98. The van der Waals surface area contributed by atoms with Crippen LogP contribution >= 0.6 is 11.8 Å². The molecular weight excluding hydrogens is 213 g/mol. The van der Waals surface area contributed by atoms with Gasteiger partial charge in [0.1, 0.15) is 11.6 Å². The maximum Gasteiger partial charge on any atom is 0.147 e. The Hall–Kier alpha value is -1.49. The van der Waals surface area contributed by atoms with Crippen LogP contribution in [-0.2, 0) is 0 Å². The Labute approximate surface area is 91.1 Å². The molecule has 0 amide bonds. The van der Waals surface area contributed by atoms with Crippen LogP contribution in [0.4, 0.5) is 15.9 Å². The van der Waals surface area contributed by atoms with E-state index in [1.165, 1.54) is 24.2 Å². The zero-order valence-corrected chi connectivity index (χ0v) is 8.94. The minimum Gasteiger partial charge on any atom is -0.338 e. The summed E-state index contributed by atoms with van der Waals surface area (Å²) < 4.78 is 13.5. The standard InChI is InChI=1S/C10H10FN3S/c1-15-7-2-3-9(8(11)4-7)14-10-5-12-6-13-10/h2-6,14H,1H3,(H,12,13). The zero-order chi connectivity index (χ0) is 10.7. The highest BCUT2D eigenvalue weighted by Gasteiger charge is 2.03. The number of benzene rings is 1. The number of H-pyrrole nitrogens is 1. The van der Waals surface area contributed by atoms with Gasteiger partial charge in [-0.2, -0.15) is 0 Å². The van der Waals surface area contributed by atoms with Gasteiger partial charge < -0.3 is 10.3 Å². The van der Waals surface area contributed by atoms with Crippen LogP contribution in [0.25, 0.3) is 0 Å². The molecule has 5 heteroatoms. The van der Waals surface area contributed by atoms with Crippen LogP contribution in [0.2, 0.25) is 0 Å². The number of thioether (sulfide) groups is 1. The number of imidazole rings is 1. The van der Waals surface area contributed by atoms with E-state index in [0.717, 1.165) is 4.90 Å². The van der Waals surface area contributed by atoms with Crippen molar-refractivity contribution >= 4 is 23.3 Å². The first-order valence-corrected chi connectivity index (χ1v) is 5.61. The maximum atomic E-state index is 13.5. The predicted octanol–water partition coefficient (Wildman–Crippen LogP) is 3.01. The Bertz CT molecular complexity index is 442. The van der Waals surface area contributed by atoms with Crippen LogP contribution in [0.15, 0.2) is 35.6 Å². The Balaban J connectivity index is 2.22. The molecule has 0 aliphatic heterocycles. The smallest absolute Gasteiger partial charge is 0.147 e. The van der Waals surface area contributed by atoms with Gasteiger partial charge in [0.15, 0.2) is 0 Å². The number of aromatic nitrogens is 2. The van der Waals surface area contributed by atoms with Crippen LogP contribution in [-0.4, -0.2) is 16.2 Å². The number of rotatable bonds is 3. The number of anilines is 2. The molecule has 0 radical (unpaired) electrons. The molecule has 2 rings (SSSR count). The number of nitrogens with one attached hydrogen (secondary N) is 2. The molecule has 0 fully saturated rings. The van der Waals surface area contributed by atoms with E-state index >= 15 is 0 Å². The van der Waals surface area contributed by atoms with Crippen molar-refractivity contribution in [1.82, 2.24) is 9.97 Å². The van der Waals surface area contributed by atoms with Crippen LogP contribution in [0.5, 0.6) is 0 Å². The quantitative estimate of drug-likeness (QED) is 0.786. The summed E-state index contributed by atoms with van der Waals surface area (Å²) in [6, 6.07) is 5.08. The second kappa shape index (κ2) is 4.35. The van der Waals surface area contributed by atoms with E-state index in [4.69, 9.17) is 0 Å². The summed E-state index contributed by atoms with van der Waals surface area (Å²) in [4.78, 5) is 7.59. The predicted molar refractivity (Wildman–Crippen MR) is 60.1 cm³/mol. The number of hydrogen-bond donors (Lipinski definition) is 2. The molecule has 15 heavy (non-hydrogen) atoms. The third-order valence-electron chi connectivity index (χ3n) is 1.94. The summed E-state index contributed by atoms with van der Waals surface area (Å²) in [5, 5.41) is 2.90. The lowest BCUT2D eigenvalue weighted by Crippen LogP contribution is -1.93. The van der Waals surface area contributed by atoms with Crippen LogP contribution < -0.4 is 5.32 Å². The third kappa shape index (κ3) is 2.30. The highest BCUT2D eigenvalue weighted by atomic mass is 32.2. The van der Waals surface area contributed by atoms with Crippen molar-refractivity contribution in [3.63, 3.8) is 0 Å². The van der Waals surface area contributed by atoms with Gasteiger partial charge in [0.2, 0.25) is 0 Å². The van der Waals surface area contributed by atoms with Crippen molar-refractivity contribution in [2.24, 2.45) is 0 Å². The first-order chi connectivity index (χ1) is 7.29. The Kier molecular flexibility index (Phi) is 2.91. The Morgan fingerprint density at radius 1 is 1.47 bits per heavy atom. The molecule has 0 aliphatic rings. The molecule has 0 saturated carbocycles. The average molecular weight is 223 g/mol. The van der Waals surface area contributed by atoms with Crippen molar-refractivity contribution in [3.05, 3.63) is 36.5 Å². The molecule has 2 N–H and O–H groups in total. The molecule has 1 heterocycles. The van der Waals surface area contributed by atoms with Gasteiger partial charge in [0.05, 0.1) is 18.2 Å². The SMILES string of the molecule is CSc1ccc(Nc2cnc[nH]2)c(F)c1. The van der Waals surface area contributed by atoms with Crippen molar-refractivity contribution in [1.29, 1.82) is 0 Å². The summed E-state index contributed by atoms with van der Waals surface area (Å²) in [5.41, 5.74) is 0.442. The molecule has 0 saturated heterocycles. The van der Waals surface area contributed by atoms with Gasteiger partial charge in [-0.05, 0) is 24.5 Å². The lowest BCUT2D eigenvalue weighted by Gasteiger charge is -2.05. The summed E-state index contributed by atoms with van der Waals surface area (Å²) in [6.07, 6.45) is 5.05. The van der Waals surface area contributed by atoms with Gasteiger partial charge >= 0.3 is 0 Å². The van der Waals surface area contributed by atoms with Gasteiger partial charge in [-0.15, -0.1) is 11.8 Å². The van der Waals surface area contributed by atoms with Crippen LogP contribution in [0.3, 0.4) is 0 Å². The molecule has 0 bridgehead atoms. The molecular formula is C10H10FN3S. The molecule has 1 aromatic heterocycles. The average Bonchev–Trinajstić information content (AvgIpc) is 2.74. The minimum absolute atomic E-state index is 0.267. The lowest BCUT2D eigenvalue weighted by atomic mass is 10.3. The van der Waals surface area contributed by atoms with Gasteiger partial charge in [-0.25, -0.2) is 9.37 Å². The van der Waals surface area contributed by atoms with E-state index in [-0.39, 0.29) is 5.82 Å². The lowest BCUT2D eigenvalue weighted by molar-refractivity contribution is 0.628. The first kappa shape index (κ1) is 10.0. The van der Waals surface area contributed by atoms with E-state index < -0.39 is 0 Å². The number of aromatic amines is 1. The normalized spacial score (nSPS) is 10.3. The molecule has 0 spiro atoms. The monoisotopic (exact) mass is 223 g/mol. The third-order valence-corrected chi connectivity index (χ3v) is 2.67. The molecule has 78 valence electrons. The summed E-state index contributed by atoms with van der Waals surface area (Å²) in [6.45, 7) is 0. The topological polar surface area (TPSA) is 40.7 Å². The second-order valence-corrected chi connectivity index (χ2v) is 3.82. The molecule has 0 atom stereocenters. The van der Waals surface area contributed by atoms with Crippen molar-refractivity contribution < 1.29 is 4.39 Å². The second-order valence-electron chi connectivity index (χ2n) is 2.94. The maximum absolute atomic E-state index is 13.5. The van der Waals surface area contributed by atoms with Gasteiger partial charge in [-0.3, -0.25) is 0 Å². The van der Waals surface area contributed by atoms with Crippen LogP contribution in [0.1, 0.15) is 0 Å². The Morgan fingerprint density at radius 3 is 2.93 bits per heavy atom. The largest absolute Gasteiger partial charge is 0.338 e. The van der Waals surface area contributed by atoms with Gasteiger partial charge in [0, 0.05) is 4.90 Å². The fourth-order valence-electron chi connectivity index (χ4n) is 1.19. The molecule has 3 nitrogen and oxygen atoms in total. The molecule has 2 aromatic rings. The first-order valence-electron chi connectivity index (χ1n) is 4.38. The van der Waals surface area contributed by atoms with E-state index in [1.807, 2.05) is 12.3 Å². The summed E-state index contributed by atoms with van der Waals surface area (Å²) in [7, 11) is 0. The number of halogens is 1. The van der Waals surface area contributed by atoms with Crippen molar-refractivity contribution in [3.8, 4) is 0 Å². The van der Waals surface area contributed by atoms with Crippen LogP contribution in [0, 0.1) is 5.82 Å². The van der Waals surface area contributed by atoms with E-state index in [2.05, 4.69) is 15.3 Å². The molecule has 0 aliphatic carbocycles. The van der Waals surface area contributed by atoms with Crippen molar-refractivity contribution in [2.75, 3.05) is 11.6 Å². The van der Waals surface area contributed by atoms with Gasteiger partial charge in [0.25, 0.3) is 0 Å². The van der Waals surface area contributed by atoms with E-state index in [0.29, 0.717) is 11.5 Å². The summed E-state index contributed by atoms with van der Waals surface area (Å²) in [5.74, 6) is 0.405. The fourth-order valence-corrected chi connectivity index (χ4v) is 1.62. The minimum atomic E-state index is -0.267. The zero-order valence-electron chi connectivity index (χ0n) is 8.12. The number of nitrogens with zero attached hydrogens (tertiary/aromatic N) is 1. The summed E-state index contributed by atoms with van der Waals surface area (Å²) >= 11 is 1.51.